The molecule has 2 N–H and O–H groups in total. The normalized spacial score (nSPS) is 9.95. The molecule has 0 bridgehead atoms. The number of ether oxygens (including phenoxy) is 1. The van der Waals surface area contributed by atoms with E-state index < -0.39 is 0 Å². The van der Waals surface area contributed by atoms with E-state index in [4.69, 9.17) is 15.7 Å². The van der Waals surface area contributed by atoms with Gasteiger partial charge in [0.2, 0.25) is 0 Å². The average Bonchev–Trinajstić information content (AvgIpc) is 2.46. The van der Waals surface area contributed by atoms with Gasteiger partial charge in [-0.15, -0.1) is 0 Å². The Kier molecular flexibility index (Phi) is 4.56. The second kappa shape index (κ2) is 6.37. The summed E-state index contributed by atoms with van der Waals surface area (Å²) in [6.07, 6.45) is 0. The van der Waals surface area contributed by atoms with Gasteiger partial charge in [0.05, 0.1) is 11.6 Å². The Morgan fingerprint density at radius 3 is 2.68 bits per heavy atom. The van der Waals surface area contributed by atoms with E-state index in [2.05, 4.69) is 22.0 Å². The van der Waals surface area contributed by atoms with Gasteiger partial charge < -0.3 is 10.5 Å². The van der Waals surface area contributed by atoms with E-state index in [1.54, 1.807) is 6.07 Å². The first kappa shape index (κ1) is 13.6. The highest BCUT2D eigenvalue weighted by atomic mass is 79.9. The van der Waals surface area contributed by atoms with Crippen molar-refractivity contribution in [2.75, 3.05) is 0 Å². The molecule has 0 radical (unpaired) electrons. The van der Waals surface area contributed by atoms with Gasteiger partial charge in [0.25, 0.3) is 0 Å². The molecule has 4 heteroatoms. The van der Waals surface area contributed by atoms with Crippen LogP contribution in [0.1, 0.15) is 16.7 Å². The average molecular weight is 317 g/mol. The maximum atomic E-state index is 9.01. The Bertz CT molecular complexity index is 620. The van der Waals surface area contributed by atoms with E-state index in [-0.39, 0.29) is 0 Å². The van der Waals surface area contributed by atoms with Crippen LogP contribution in [0.4, 0.5) is 0 Å². The lowest BCUT2D eigenvalue weighted by Gasteiger charge is -2.09. The summed E-state index contributed by atoms with van der Waals surface area (Å²) in [5, 5.41) is 9.01. The van der Waals surface area contributed by atoms with Crippen molar-refractivity contribution in [1.29, 1.82) is 5.26 Å². The highest BCUT2D eigenvalue weighted by Gasteiger charge is 2.04. The number of hydrogen-bond donors (Lipinski definition) is 1. The van der Waals surface area contributed by atoms with Crippen LogP contribution in [-0.4, -0.2) is 0 Å². The molecule has 0 unspecified atom stereocenters. The minimum absolute atomic E-state index is 0.370. The lowest BCUT2D eigenvalue weighted by Crippen LogP contribution is -2.01. The summed E-state index contributed by atoms with van der Waals surface area (Å²) in [5.41, 5.74) is 8.15. The van der Waals surface area contributed by atoms with E-state index in [1.807, 2.05) is 36.4 Å². The van der Waals surface area contributed by atoms with Crippen molar-refractivity contribution in [3.63, 3.8) is 0 Å². The van der Waals surface area contributed by atoms with Gasteiger partial charge in [0.1, 0.15) is 12.4 Å². The van der Waals surface area contributed by atoms with Gasteiger partial charge in [-0.3, -0.25) is 0 Å². The van der Waals surface area contributed by atoms with Crippen molar-refractivity contribution in [3.05, 3.63) is 63.6 Å². The number of nitrogens with two attached hydrogens (primary N) is 1. The second-order valence-electron chi connectivity index (χ2n) is 4.01. The first-order valence-electron chi connectivity index (χ1n) is 5.84. The Labute approximate surface area is 120 Å². The maximum Gasteiger partial charge on any atom is 0.120 e. The standard InChI is InChI=1S/C15H13BrN2O/c16-15-6-5-14(7-13(15)9-18)19-10-12-4-2-1-3-11(12)8-17/h1-7H,9-10,18H2. The van der Waals surface area contributed by atoms with E-state index in [1.165, 1.54) is 0 Å². The van der Waals surface area contributed by atoms with Crippen LogP contribution in [0.2, 0.25) is 0 Å². The second-order valence-corrected chi connectivity index (χ2v) is 4.87. The quantitative estimate of drug-likeness (QED) is 0.940. The Balaban J connectivity index is 2.13. The zero-order valence-electron chi connectivity index (χ0n) is 10.3. The van der Waals surface area contributed by atoms with Crippen LogP contribution in [0.3, 0.4) is 0 Å². The molecular weight excluding hydrogens is 304 g/mol. The molecule has 19 heavy (non-hydrogen) atoms. The third-order valence-corrected chi connectivity index (χ3v) is 3.54. The molecule has 0 atom stereocenters. The van der Waals surface area contributed by atoms with Crippen molar-refractivity contribution in [2.24, 2.45) is 5.73 Å². The highest BCUT2D eigenvalue weighted by molar-refractivity contribution is 9.10. The van der Waals surface area contributed by atoms with Crippen LogP contribution in [-0.2, 0) is 13.2 Å². The van der Waals surface area contributed by atoms with E-state index in [0.29, 0.717) is 18.7 Å². The first-order chi connectivity index (χ1) is 9.24. The number of rotatable bonds is 4. The highest BCUT2D eigenvalue weighted by Crippen LogP contribution is 2.23. The number of nitriles is 1. The lowest BCUT2D eigenvalue weighted by molar-refractivity contribution is 0.305. The molecule has 0 aliphatic heterocycles. The largest absolute Gasteiger partial charge is 0.489 e. The Morgan fingerprint density at radius 2 is 1.95 bits per heavy atom. The summed E-state index contributed by atoms with van der Waals surface area (Å²) < 4.78 is 6.68. The molecule has 2 aromatic rings. The summed E-state index contributed by atoms with van der Waals surface area (Å²) in [4.78, 5) is 0. The van der Waals surface area contributed by atoms with E-state index in [9.17, 15) is 0 Å². The van der Waals surface area contributed by atoms with Crippen LogP contribution in [0.15, 0.2) is 46.9 Å². The topological polar surface area (TPSA) is 59.0 Å². The van der Waals surface area contributed by atoms with Crippen molar-refractivity contribution in [1.82, 2.24) is 0 Å². The van der Waals surface area contributed by atoms with Gasteiger partial charge in [0.15, 0.2) is 0 Å². The molecule has 96 valence electrons. The van der Waals surface area contributed by atoms with Crippen molar-refractivity contribution >= 4 is 15.9 Å². The summed E-state index contributed by atoms with van der Waals surface area (Å²) in [5.74, 6) is 0.747. The first-order valence-corrected chi connectivity index (χ1v) is 6.63. The molecule has 0 saturated heterocycles. The summed E-state index contributed by atoms with van der Waals surface area (Å²) >= 11 is 3.43. The fourth-order valence-electron chi connectivity index (χ4n) is 1.71. The van der Waals surface area contributed by atoms with Gasteiger partial charge >= 0.3 is 0 Å². The fourth-order valence-corrected chi connectivity index (χ4v) is 2.12. The number of benzene rings is 2. The SMILES string of the molecule is N#Cc1ccccc1COc1ccc(Br)c(CN)c1. The minimum atomic E-state index is 0.370. The van der Waals surface area contributed by atoms with Crippen LogP contribution in [0.5, 0.6) is 5.75 Å². The number of halogens is 1. The van der Waals surface area contributed by atoms with Crippen LogP contribution in [0, 0.1) is 11.3 Å². The van der Waals surface area contributed by atoms with Crippen LogP contribution < -0.4 is 10.5 Å². The molecule has 0 saturated carbocycles. The molecule has 0 aliphatic rings. The molecule has 0 fully saturated rings. The van der Waals surface area contributed by atoms with Crippen LogP contribution in [0.25, 0.3) is 0 Å². The number of nitrogens with zero attached hydrogens (tertiary/aromatic N) is 1. The predicted octanol–water partition coefficient (Wildman–Crippen LogP) is 3.36. The van der Waals surface area contributed by atoms with Crippen molar-refractivity contribution < 1.29 is 4.74 Å². The lowest BCUT2D eigenvalue weighted by atomic mass is 10.1. The van der Waals surface area contributed by atoms with Gasteiger partial charge in [-0.2, -0.15) is 5.26 Å². The molecule has 2 rings (SSSR count). The molecule has 0 spiro atoms. The smallest absolute Gasteiger partial charge is 0.120 e. The van der Waals surface area contributed by atoms with Crippen molar-refractivity contribution in [3.8, 4) is 11.8 Å². The predicted molar refractivity (Wildman–Crippen MR) is 77.5 cm³/mol. The molecule has 0 aromatic heterocycles. The molecule has 0 heterocycles. The monoisotopic (exact) mass is 316 g/mol. The third kappa shape index (κ3) is 3.34. The van der Waals surface area contributed by atoms with Gasteiger partial charge in [-0.05, 0) is 29.8 Å². The molecule has 2 aromatic carbocycles. The summed E-state index contributed by atoms with van der Waals surface area (Å²) in [7, 11) is 0. The molecule has 3 nitrogen and oxygen atoms in total. The van der Waals surface area contributed by atoms with Gasteiger partial charge in [-0.25, -0.2) is 0 Å². The van der Waals surface area contributed by atoms with Crippen molar-refractivity contribution in [2.45, 2.75) is 13.2 Å². The zero-order chi connectivity index (χ0) is 13.7. The zero-order valence-corrected chi connectivity index (χ0v) is 11.9. The Hall–Kier alpha value is -1.83. The third-order valence-electron chi connectivity index (χ3n) is 2.77. The fraction of sp³-hybridized carbons (Fsp3) is 0.133. The molecular formula is C15H13BrN2O. The summed E-state index contributed by atoms with van der Waals surface area (Å²) in [6.45, 7) is 0.821. The minimum Gasteiger partial charge on any atom is -0.489 e. The molecule has 0 aliphatic carbocycles. The summed E-state index contributed by atoms with van der Waals surface area (Å²) in [6, 6.07) is 15.3. The van der Waals surface area contributed by atoms with E-state index >= 15 is 0 Å². The molecule has 0 amide bonds. The Morgan fingerprint density at radius 1 is 1.16 bits per heavy atom. The van der Waals surface area contributed by atoms with Crippen LogP contribution >= 0.6 is 15.9 Å². The van der Waals surface area contributed by atoms with E-state index in [0.717, 1.165) is 21.3 Å². The van der Waals surface area contributed by atoms with Gasteiger partial charge in [-0.1, -0.05) is 34.1 Å². The van der Waals surface area contributed by atoms with Gasteiger partial charge in [0, 0.05) is 16.6 Å². The maximum absolute atomic E-state index is 9.01. The number of hydrogen-bond acceptors (Lipinski definition) is 3.